The Hall–Kier alpha value is -2.50. The van der Waals surface area contributed by atoms with E-state index in [-0.39, 0.29) is 17.9 Å². The van der Waals surface area contributed by atoms with E-state index < -0.39 is 0 Å². The number of piperidine rings is 1. The summed E-state index contributed by atoms with van der Waals surface area (Å²) >= 11 is 0. The Labute approximate surface area is 161 Å². The molecule has 1 N–H and O–H groups in total. The first-order valence-electron chi connectivity index (χ1n) is 9.35. The molecule has 1 aromatic carbocycles. The highest BCUT2D eigenvalue weighted by Gasteiger charge is 2.24. The van der Waals surface area contributed by atoms with Crippen molar-refractivity contribution in [2.24, 2.45) is 5.92 Å². The number of amides is 2. The molecule has 148 valence electrons. The van der Waals surface area contributed by atoms with E-state index in [0.717, 1.165) is 18.4 Å². The maximum absolute atomic E-state index is 12.5. The summed E-state index contributed by atoms with van der Waals surface area (Å²) in [6.07, 6.45) is 3.23. The number of carbonyl (C=O) groups excluding carboxylic acids is 2. The van der Waals surface area contributed by atoms with Gasteiger partial charge in [-0.1, -0.05) is 19.4 Å². The fraction of sp³-hybridized carbons (Fsp3) is 0.524. The van der Waals surface area contributed by atoms with Gasteiger partial charge < -0.3 is 19.7 Å². The van der Waals surface area contributed by atoms with Crippen LogP contribution in [0.5, 0.6) is 11.5 Å². The number of ether oxygens (including phenoxy) is 2. The first-order chi connectivity index (χ1) is 12.8. The minimum Gasteiger partial charge on any atom is -0.493 e. The Bertz CT molecular complexity index is 704. The van der Waals surface area contributed by atoms with Gasteiger partial charge in [0, 0.05) is 30.8 Å². The largest absolute Gasteiger partial charge is 0.493 e. The van der Waals surface area contributed by atoms with Crippen LogP contribution in [0, 0.1) is 5.92 Å². The molecule has 1 aliphatic rings. The van der Waals surface area contributed by atoms with E-state index >= 15 is 0 Å². The van der Waals surface area contributed by atoms with Gasteiger partial charge in [-0.25, -0.2) is 0 Å². The lowest BCUT2D eigenvalue weighted by molar-refractivity contribution is -0.127. The van der Waals surface area contributed by atoms with Crippen molar-refractivity contribution in [3.05, 3.63) is 35.4 Å². The Morgan fingerprint density at radius 3 is 2.33 bits per heavy atom. The zero-order chi connectivity index (χ0) is 20.0. The van der Waals surface area contributed by atoms with Gasteiger partial charge in [-0.3, -0.25) is 9.59 Å². The molecule has 0 spiro atoms. The number of likely N-dealkylation sites (tertiary alicyclic amines) is 1. The van der Waals surface area contributed by atoms with E-state index in [4.69, 9.17) is 9.47 Å². The Morgan fingerprint density at radius 1 is 1.15 bits per heavy atom. The highest BCUT2D eigenvalue weighted by atomic mass is 16.5. The molecule has 6 heteroatoms. The number of hydrogen-bond acceptors (Lipinski definition) is 4. The molecular formula is C21H30N2O4. The fourth-order valence-corrected chi connectivity index (χ4v) is 2.94. The third-order valence-electron chi connectivity index (χ3n) is 5.05. The van der Waals surface area contributed by atoms with E-state index in [2.05, 4.69) is 19.2 Å². The van der Waals surface area contributed by atoms with Crippen molar-refractivity contribution in [1.82, 2.24) is 10.2 Å². The number of rotatable bonds is 6. The zero-order valence-corrected chi connectivity index (χ0v) is 16.9. The van der Waals surface area contributed by atoms with E-state index in [1.807, 2.05) is 11.8 Å². The maximum atomic E-state index is 12.5. The summed E-state index contributed by atoms with van der Waals surface area (Å²) in [6.45, 7) is 7.44. The van der Waals surface area contributed by atoms with Gasteiger partial charge in [-0.05, 0) is 43.9 Å². The van der Waals surface area contributed by atoms with Gasteiger partial charge >= 0.3 is 0 Å². The number of nitrogens with one attached hydrogen (secondary N) is 1. The number of nitrogens with zero attached hydrogens (tertiary/aromatic N) is 1. The van der Waals surface area contributed by atoms with Gasteiger partial charge in [0.1, 0.15) is 0 Å². The molecule has 0 unspecified atom stereocenters. The number of carbonyl (C=O) groups is 2. The standard InChI is InChI=1S/C21H30N2O4/c1-14(2)15(3)12-20(24)23-10-8-17(9-11-23)22-21(25)16-6-7-18(26-4)19(13-16)27-5/h6-7,12-14,17H,8-11H2,1-5H3,(H,22,25)/b15-12+. The monoisotopic (exact) mass is 374 g/mol. The highest BCUT2D eigenvalue weighted by Crippen LogP contribution is 2.27. The second-order valence-electron chi connectivity index (χ2n) is 7.19. The third-order valence-corrected chi connectivity index (χ3v) is 5.05. The van der Waals surface area contributed by atoms with E-state index in [9.17, 15) is 9.59 Å². The van der Waals surface area contributed by atoms with Crippen LogP contribution in [0.2, 0.25) is 0 Å². The lowest BCUT2D eigenvalue weighted by atomic mass is 10.0. The number of allylic oxidation sites excluding steroid dienone is 1. The second-order valence-corrected chi connectivity index (χ2v) is 7.19. The molecule has 1 heterocycles. The predicted molar refractivity (Wildman–Crippen MR) is 105 cm³/mol. The minimum atomic E-state index is -0.142. The van der Waals surface area contributed by atoms with Crippen LogP contribution in [0.15, 0.2) is 29.8 Å². The first kappa shape index (κ1) is 20.8. The molecule has 0 aromatic heterocycles. The normalized spacial score (nSPS) is 15.6. The molecule has 27 heavy (non-hydrogen) atoms. The van der Waals surface area contributed by atoms with Crippen LogP contribution in [-0.2, 0) is 4.79 Å². The zero-order valence-electron chi connectivity index (χ0n) is 16.9. The quantitative estimate of drug-likeness (QED) is 0.777. The number of methoxy groups -OCH3 is 2. The van der Waals surface area contributed by atoms with Gasteiger partial charge in [0.25, 0.3) is 5.91 Å². The van der Waals surface area contributed by atoms with Gasteiger partial charge in [-0.15, -0.1) is 0 Å². The van der Waals surface area contributed by atoms with Crippen LogP contribution >= 0.6 is 0 Å². The van der Waals surface area contributed by atoms with Crippen LogP contribution < -0.4 is 14.8 Å². The Morgan fingerprint density at radius 2 is 1.78 bits per heavy atom. The second kappa shape index (κ2) is 9.44. The maximum Gasteiger partial charge on any atom is 0.251 e. The smallest absolute Gasteiger partial charge is 0.251 e. The topological polar surface area (TPSA) is 67.9 Å². The Balaban J connectivity index is 1.91. The van der Waals surface area contributed by atoms with E-state index in [0.29, 0.717) is 36.1 Å². The summed E-state index contributed by atoms with van der Waals surface area (Å²) in [5.74, 6) is 1.40. The molecule has 1 saturated heterocycles. The van der Waals surface area contributed by atoms with Crippen LogP contribution in [-0.4, -0.2) is 50.1 Å². The van der Waals surface area contributed by atoms with Crippen molar-refractivity contribution in [2.45, 2.75) is 39.7 Å². The third kappa shape index (κ3) is 5.49. The van der Waals surface area contributed by atoms with E-state index in [1.54, 1.807) is 38.5 Å². The van der Waals surface area contributed by atoms with Gasteiger partial charge in [0.15, 0.2) is 11.5 Å². The van der Waals surface area contributed by atoms with Gasteiger partial charge in [0.2, 0.25) is 5.91 Å². The van der Waals surface area contributed by atoms with Crippen molar-refractivity contribution in [3.63, 3.8) is 0 Å². The van der Waals surface area contributed by atoms with Crippen molar-refractivity contribution in [3.8, 4) is 11.5 Å². The minimum absolute atomic E-state index is 0.0600. The van der Waals surface area contributed by atoms with Crippen molar-refractivity contribution in [1.29, 1.82) is 0 Å². The lowest BCUT2D eigenvalue weighted by Crippen LogP contribution is -2.46. The average molecular weight is 374 g/mol. The summed E-state index contributed by atoms with van der Waals surface area (Å²) in [5.41, 5.74) is 1.62. The molecule has 1 fully saturated rings. The molecule has 6 nitrogen and oxygen atoms in total. The molecule has 0 radical (unpaired) electrons. The van der Waals surface area contributed by atoms with E-state index in [1.165, 1.54) is 0 Å². The molecule has 2 rings (SSSR count). The van der Waals surface area contributed by atoms with Gasteiger partial charge in [-0.2, -0.15) is 0 Å². The predicted octanol–water partition coefficient (Wildman–Crippen LogP) is 3.03. The van der Waals surface area contributed by atoms with Crippen molar-refractivity contribution in [2.75, 3.05) is 27.3 Å². The molecule has 0 bridgehead atoms. The fourth-order valence-electron chi connectivity index (χ4n) is 2.94. The summed E-state index contributed by atoms with van der Waals surface area (Å²) in [7, 11) is 3.10. The molecule has 0 aliphatic carbocycles. The van der Waals surface area contributed by atoms with Crippen molar-refractivity contribution >= 4 is 11.8 Å². The Kier molecular flexibility index (Phi) is 7.28. The van der Waals surface area contributed by atoms with Crippen LogP contribution in [0.25, 0.3) is 0 Å². The average Bonchev–Trinajstić information content (AvgIpc) is 2.67. The van der Waals surface area contributed by atoms with Crippen LogP contribution in [0.1, 0.15) is 44.0 Å². The first-order valence-corrected chi connectivity index (χ1v) is 9.35. The number of hydrogen-bond donors (Lipinski definition) is 1. The van der Waals surface area contributed by atoms with Gasteiger partial charge in [0.05, 0.1) is 14.2 Å². The van der Waals surface area contributed by atoms with Crippen LogP contribution in [0.4, 0.5) is 0 Å². The summed E-state index contributed by atoms with van der Waals surface area (Å²) in [5, 5.41) is 3.05. The lowest BCUT2D eigenvalue weighted by Gasteiger charge is -2.32. The highest BCUT2D eigenvalue weighted by molar-refractivity contribution is 5.95. The molecule has 1 aliphatic heterocycles. The van der Waals surface area contributed by atoms with Crippen molar-refractivity contribution < 1.29 is 19.1 Å². The van der Waals surface area contributed by atoms with Crippen LogP contribution in [0.3, 0.4) is 0 Å². The summed E-state index contributed by atoms with van der Waals surface area (Å²) in [6, 6.07) is 5.17. The number of benzene rings is 1. The summed E-state index contributed by atoms with van der Waals surface area (Å²) in [4.78, 5) is 26.7. The molecule has 0 saturated carbocycles. The SMILES string of the molecule is COc1ccc(C(=O)NC2CCN(C(=O)/C=C(\C)C(C)C)CC2)cc1OC. The molecule has 0 atom stereocenters. The molecular weight excluding hydrogens is 344 g/mol. The molecule has 1 aromatic rings. The molecule has 2 amide bonds. The summed E-state index contributed by atoms with van der Waals surface area (Å²) < 4.78 is 10.4.